The first kappa shape index (κ1) is 64.0. The van der Waals surface area contributed by atoms with Crippen molar-refractivity contribution in [3.63, 3.8) is 0 Å². The molecule has 0 aliphatic carbocycles. The van der Waals surface area contributed by atoms with Gasteiger partial charge in [0.15, 0.2) is 6.10 Å². The highest BCUT2D eigenvalue weighted by Gasteiger charge is 2.16. The largest absolute Gasteiger partial charge is 0.462 e. The predicted molar refractivity (Wildman–Crippen MR) is 297 cm³/mol. The first-order chi connectivity index (χ1) is 33.6. The molecule has 68 heavy (non-hydrogen) atoms. The van der Waals surface area contributed by atoms with E-state index in [0.717, 1.165) is 116 Å². The van der Waals surface area contributed by atoms with Gasteiger partial charge in [-0.15, -0.1) is 0 Å². The predicted octanol–water partition coefficient (Wildman–Crippen LogP) is 18.9. The van der Waals surface area contributed by atoms with Crippen molar-refractivity contribution >= 4 is 11.9 Å². The third kappa shape index (κ3) is 54.6. The molecule has 0 aliphatic heterocycles. The van der Waals surface area contributed by atoms with E-state index in [1.165, 1.54) is 89.9 Å². The third-order valence-corrected chi connectivity index (χ3v) is 11.4. The Labute approximate surface area is 419 Å². The molecular formula is C63H102O5. The quantitative estimate of drug-likeness (QED) is 0.0374. The van der Waals surface area contributed by atoms with Crippen molar-refractivity contribution in [1.82, 2.24) is 0 Å². The summed E-state index contributed by atoms with van der Waals surface area (Å²) in [6.07, 6.45) is 85.5. The molecule has 0 aliphatic rings. The van der Waals surface area contributed by atoms with Crippen molar-refractivity contribution in [2.75, 3.05) is 13.2 Å². The molecule has 0 aromatic carbocycles. The lowest BCUT2D eigenvalue weighted by molar-refractivity contribution is -0.161. The van der Waals surface area contributed by atoms with Crippen molar-refractivity contribution < 1.29 is 24.2 Å². The average Bonchev–Trinajstić information content (AvgIpc) is 3.34. The van der Waals surface area contributed by atoms with Gasteiger partial charge in [0.2, 0.25) is 0 Å². The van der Waals surface area contributed by atoms with Crippen LogP contribution in [0.3, 0.4) is 0 Å². The number of aliphatic hydroxyl groups excluding tert-OH is 1. The Morgan fingerprint density at radius 1 is 0.338 bits per heavy atom. The summed E-state index contributed by atoms with van der Waals surface area (Å²) in [5.41, 5.74) is 0. The summed E-state index contributed by atoms with van der Waals surface area (Å²) in [5, 5.41) is 9.65. The van der Waals surface area contributed by atoms with Gasteiger partial charge in [-0.3, -0.25) is 9.59 Å². The van der Waals surface area contributed by atoms with E-state index in [4.69, 9.17) is 9.47 Å². The molecule has 5 nitrogen and oxygen atoms in total. The fraction of sp³-hybridized carbons (Fsp3) is 0.619. The number of carbonyl (C=O) groups is 2. The number of aliphatic hydroxyl groups is 1. The van der Waals surface area contributed by atoms with Gasteiger partial charge in [0.1, 0.15) is 6.61 Å². The van der Waals surface area contributed by atoms with Crippen molar-refractivity contribution in [3.05, 3.63) is 134 Å². The molecule has 0 rings (SSSR count). The molecular weight excluding hydrogens is 837 g/mol. The Morgan fingerprint density at radius 2 is 0.588 bits per heavy atom. The Balaban J connectivity index is 3.57. The van der Waals surface area contributed by atoms with Crippen LogP contribution in [0.1, 0.15) is 232 Å². The van der Waals surface area contributed by atoms with Crippen LogP contribution in [0.15, 0.2) is 134 Å². The van der Waals surface area contributed by atoms with Crippen molar-refractivity contribution in [1.29, 1.82) is 0 Å². The lowest BCUT2D eigenvalue weighted by Gasteiger charge is -2.15. The molecule has 0 aromatic rings. The highest BCUT2D eigenvalue weighted by molar-refractivity contribution is 5.70. The molecule has 5 heteroatoms. The van der Waals surface area contributed by atoms with Crippen LogP contribution in [0, 0.1) is 0 Å². The molecule has 0 fully saturated rings. The van der Waals surface area contributed by atoms with E-state index < -0.39 is 6.10 Å². The van der Waals surface area contributed by atoms with Gasteiger partial charge >= 0.3 is 11.9 Å². The van der Waals surface area contributed by atoms with Crippen LogP contribution in [0.4, 0.5) is 0 Å². The van der Waals surface area contributed by atoms with Gasteiger partial charge in [0, 0.05) is 12.8 Å². The summed E-state index contributed by atoms with van der Waals surface area (Å²) < 4.78 is 10.7. The van der Waals surface area contributed by atoms with E-state index in [1.54, 1.807) is 0 Å². The van der Waals surface area contributed by atoms with Gasteiger partial charge in [-0.1, -0.05) is 244 Å². The van der Waals surface area contributed by atoms with E-state index in [2.05, 4.69) is 148 Å². The van der Waals surface area contributed by atoms with Crippen LogP contribution in [-0.2, 0) is 19.1 Å². The van der Waals surface area contributed by atoms with Crippen LogP contribution in [0.25, 0.3) is 0 Å². The van der Waals surface area contributed by atoms with Crippen LogP contribution >= 0.6 is 0 Å². The van der Waals surface area contributed by atoms with Crippen LogP contribution in [-0.4, -0.2) is 36.4 Å². The zero-order valence-electron chi connectivity index (χ0n) is 43.8. The minimum atomic E-state index is -0.787. The van der Waals surface area contributed by atoms with Gasteiger partial charge in [-0.2, -0.15) is 0 Å². The maximum Gasteiger partial charge on any atom is 0.306 e. The van der Waals surface area contributed by atoms with Crippen molar-refractivity contribution in [2.24, 2.45) is 0 Å². The normalized spacial score (nSPS) is 13.3. The van der Waals surface area contributed by atoms with Gasteiger partial charge in [0.25, 0.3) is 0 Å². The van der Waals surface area contributed by atoms with E-state index in [0.29, 0.717) is 12.8 Å². The van der Waals surface area contributed by atoms with Crippen LogP contribution < -0.4 is 0 Å². The summed E-state index contributed by atoms with van der Waals surface area (Å²) in [6, 6.07) is 0. The summed E-state index contributed by atoms with van der Waals surface area (Å²) in [5.74, 6) is -0.609. The maximum atomic E-state index is 12.3. The molecule has 0 amide bonds. The Hall–Kier alpha value is -3.96. The summed E-state index contributed by atoms with van der Waals surface area (Å²) >= 11 is 0. The summed E-state index contributed by atoms with van der Waals surface area (Å²) in [4.78, 5) is 24.5. The highest BCUT2D eigenvalue weighted by Crippen LogP contribution is 2.15. The summed E-state index contributed by atoms with van der Waals surface area (Å²) in [6.45, 7) is 3.90. The van der Waals surface area contributed by atoms with Crippen LogP contribution in [0.5, 0.6) is 0 Å². The Kier molecular flexibility index (Phi) is 54.0. The molecule has 0 aromatic heterocycles. The molecule has 0 saturated carbocycles. The molecule has 1 atom stereocenters. The molecule has 0 bridgehead atoms. The topological polar surface area (TPSA) is 72.8 Å². The molecule has 0 saturated heterocycles. The first-order valence-corrected chi connectivity index (χ1v) is 27.7. The molecule has 1 unspecified atom stereocenters. The van der Waals surface area contributed by atoms with Gasteiger partial charge in [0.05, 0.1) is 6.61 Å². The molecule has 1 N–H and O–H groups in total. The average molecular weight is 940 g/mol. The zero-order chi connectivity index (χ0) is 49.2. The van der Waals surface area contributed by atoms with Gasteiger partial charge < -0.3 is 14.6 Å². The number of ether oxygens (including phenoxy) is 2. The number of rotatable bonds is 49. The number of allylic oxidation sites excluding steroid dienone is 22. The number of carbonyl (C=O) groups excluding carboxylic acids is 2. The molecule has 0 heterocycles. The van der Waals surface area contributed by atoms with E-state index in [9.17, 15) is 14.7 Å². The smallest absolute Gasteiger partial charge is 0.306 e. The lowest BCUT2D eigenvalue weighted by Crippen LogP contribution is -2.28. The summed E-state index contributed by atoms with van der Waals surface area (Å²) in [7, 11) is 0. The fourth-order valence-electron chi connectivity index (χ4n) is 7.35. The molecule has 384 valence electrons. The minimum absolute atomic E-state index is 0.0786. The van der Waals surface area contributed by atoms with E-state index >= 15 is 0 Å². The second-order valence-corrected chi connectivity index (χ2v) is 17.9. The molecule has 0 radical (unpaired) electrons. The van der Waals surface area contributed by atoms with Gasteiger partial charge in [-0.05, 0) is 109 Å². The van der Waals surface area contributed by atoms with Crippen LogP contribution in [0.2, 0.25) is 0 Å². The number of esters is 2. The molecule has 0 spiro atoms. The Bertz CT molecular complexity index is 1430. The second-order valence-electron chi connectivity index (χ2n) is 17.9. The lowest BCUT2D eigenvalue weighted by atomic mass is 10.0. The van der Waals surface area contributed by atoms with Crippen molar-refractivity contribution in [2.45, 2.75) is 238 Å². The Morgan fingerprint density at radius 3 is 0.882 bits per heavy atom. The second kappa shape index (κ2) is 57.4. The third-order valence-electron chi connectivity index (χ3n) is 11.4. The highest BCUT2D eigenvalue weighted by atomic mass is 16.6. The maximum absolute atomic E-state index is 12.3. The van der Waals surface area contributed by atoms with E-state index in [-0.39, 0.29) is 25.2 Å². The SMILES string of the molecule is CC/C=C\C/C=C\C/C=C\C/C=C\C/C=C\C/C=C\C/C=C\CCCCCCCCCCCCCC(=O)OC(CO)COC(=O)CCCCCCCCCC/C=C\C/C=C\C/C=C\C/C=C\CC. The first-order valence-electron chi connectivity index (χ1n) is 27.7. The fourth-order valence-corrected chi connectivity index (χ4v) is 7.35. The van der Waals surface area contributed by atoms with Crippen molar-refractivity contribution in [3.8, 4) is 0 Å². The monoisotopic (exact) mass is 939 g/mol. The van der Waals surface area contributed by atoms with E-state index in [1.807, 2.05) is 0 Å². The standard InChI is InChI=1S/C63H102O5/c1-3-5-7-9-11-13-15-17-19-21-23-25-26-27-28-29-30-31-32-33-34-35-36-38-40-42-44-46-48-50-52-54-56-58-63(66)68-61(59-64)60-67-62(65)57-55-53-51-49-47-45-43-41-39-37-24-22-20-18-16-14-12-10-8-6-4-2/h5-8,11-14,17-20,23-25,27-28,30-31,33-34,37,61,64H,3-4,9-10,15-16,21-22,26,29,32,35-36,38-60H2,1-2H3/b7-5-,8-6-,13-11-,14-12-,19-17-,20-18-,25-23-,28-27-,31-30-,34-33-,37-24-. The number of hydrogen-bond acceptors (Lipinski definition) is 5. The number of unbranched alkanes of at least 4 members (excludes halogenated alkanes) is 19. The minimum Gasteiger partial charge on any atom is -0.462 e. The number of hydrogen-bond donors (Lipinski definition) is 1. The zero-order valence-corrected chi connectivity index (χ0v) is 43.8. The van der Waals surface area contributed by atoms with Gasteiger partial charge in [-0.25, -0.2) is 0 Å².